The van der Waals surface area contributed by atoms with Gasteiger partial charge in [0.15, 0.2) is 5.78 Å². The van der Waals surface area contributed by atoms with Gasteiger partial charge < -0.3 is 4.74 Å². The number of nitrogens with zero attached hydrogens (tertiary/aromatic N) is 4. The molecule has 0 saturated heterocycles. The average molecular weight is 354 g/mol. The third-order valence-corrected chi connectivity index (χ3v) is 4.69. The molecule has 0 spiro atoms. The number of methoxy groups -OCH3 is 1. The van der Waals surface area contributed by atoms with E-state index < -0.39 is 0 Å². The molecule has 0 atom stereocenters. The van der Waals surface area contributed by atoms with Crippen molar-refractivity contribution in [3.05, 3.63) is 59.7 Å². The van der Waals surface area contributed by atoms with Crippen LogP contribution in [0.2, 0.25) is 0 Å². The van der Waals surface area contributed by atoms with Crippen LogP contribution in [0, 0.1) is 0 Å². The van der Waals surface area contributed by atoms with Gasteiger partial charge in [0, 0.05) is 5.56 Å². The molecule has 25 heavy (non-hydrogen) atoms. The summed E-state index contributed by atoms with van der Waals surface area (Å²) < 4.78 is 6.93. The molecule has 1 heterocycles. The van der Waals surface area contributed by atoms with E-state index >= 15 is 0 Å². The standard InChI is InChI=1S/C18H18N4O2S/c1-3-13-8-10-14(11-9-13)16(23)12-25-18-19-20-21-22(18)15-6-4-5-7-17(15)24-2/h4-11H,3,12H2,1-2H3. The van der Waals surface area contributed by atoms with Crippen molar-refractivity contribution in [3.8, 4) is 11.4 Å². The maximum Gasteiger partial charge on any atom is 0.214 e. The first kappa shape index (κ1) is 17.2. The van der Waals surface area contributed by atoms with E-state index in [0.717, 1.165) is 12.1 Å². The van der Waals surface area contributed by atoms with Crippen molar-refractivity contribution in [1.29, 1.82) is 0 Å². The molecule has 3 aromatic rings. The fraction of sp³-hybridized carbons (Fsp3) is 0.222. The molecule has 2 aromatic carbocycles. The van der Waals surface area contributed by atoms with Crippen LogP contribution in [-0.4, -0.2) is 38.9 Å². The lowest BCUT2D eigenvalue weighted by Gasteiger charge is -2.08. The predicted octanol–water partition coefficient (Wildman–Crippen LogP) is 3.21. The van der Waals surface area contributed by atoms with Crippen LogP contribution in [0.3, 0.4) is 0 Å². The van der Waals surface area contributed by atoms with Crippen LogP contribution in [0.25, 0.3) is 5.69 Å². The number of para-hydroxylation sites is 2. The first-order valence-electron chi connectivity index (χ1n) is 7.89. The summed E-state index contributed by atoms with van der Waals surface area (Å²) in [6, 6.07) is 15.2. The molecular weight excluding hydrogens is 336 g/mol. The lowest BCUT2D eigenvalue weighted by molar-refractivity contribution is 0.102. The topological polar surface area (TPSA) is 69.9 Å². The van der Waals surface area contributed by atoms with Crippen LogP contribution in [0.15, 0.2) is 53.7 Å². The third-order valence-electron chi connectivity index (χ3n) is 3.77. The summed E-state index contributed by atoms with van der Waals surface area (Å²) in [4.78, 5) is 12.4. The number of hydrogen-bond donors (Lipinski definition) is 0. The zero-order valence-electron chi connectivity index (χ0n) is 14.0. The van der Waals surface area contributed by atoms with E-state index in [1.807, 2.05) is 48.5 Å². The fourth-order valence-electron chi connectivity index (χ4n) is 2.36. The molecule has 0 saturated carbocycles. The lowest BCUT2D eigenvalue weighted by atomic mass is 10.1. The molecular formula is C18H18N4O2S. The number of thioether (sulfide) groups is 1. The second kappa shape index (κ2) is 7.94. The molecule has 0 aliphatic rings. The van der Waals surface area contributed by atoms with Crippen LogP contribution >= 0.6 is 11.8 Å². The first-order valence-corrected chi connectivity index (χ1v) is 8.88. The number of aryl methyl sites for hydroxylation is 1. The van der Waals surface area contributed by atoms with Gasteiger partial charge in [-0.3, -0.25) is 4.79 Å². The molecule has 0 aliphatic carbocycles. The minimum absolute atomic E-state index is 0.0437. The normalized spacial score (nSPS) is 10.6. The van der Waals surface area contributed by atoms with Crippen molar-refractivity contribution < 1.29 is 9.53 Å². The second-order valence-electron chi connectivity index (χ2n) is 5.31. The molecule has 0 unspecified atom stereocenters. The van der Waals surface area contributed by atoms with Crippen molar-refractivity contribution >= 4 is 17.5 Å². The van der Waals surface area contributed by atoms with Crippen molar-refractivity contribution in [1.82, 2.24) is 20.2 Å². The number of carbonyl (C=O) groups excluding carboxylic acids is 1. The molecule has 0 N–H and O–H groups in total. The van der Waals surface area contributed by atoms with E-state index in [2.05, 4.69) is 22.4 Å². The number of carbonyl (C=O) groups is 1. The van der Waals surface area contributed by atoms with Crippen molar-refractivity contribution in [2.45, 2.75) is 18.5 Å². The van der Waals surface area contributed by atoms with Crippen LogP contribution in [-0.2, 0) is 6.42 Å². The Kier molecular flexibility index (Phi) is 5.45. The van der Waals surface area contributed by atoms with Gasteiger partial charge in [-0.25, -0.2) is 0 Å². The quantitative estimate of drug-likeness (QED) is 0.479. The highest BCUT2D eigenvalue weighted by Crippen LogP contribution is 2.25. The van der Waals surface area contributed by atoms with Crippen LogP contribution < -0.4 is 4.74 Å². The summed E-state index contributed by atoms with van der Waals surface area (Å²) >= 11 is 1.30. The molecule has 6 nitrogen and oxygen atoms in total. The van der Waals surface area contributed by atoms with E-state index in [9.17, 15) is 4.79 Å². The Hall–Kier alpha value is -2.67. The van der Waals surface area contributed by atoms with Crippen molar-refractivity contribution in [2.24, 2.45) is 0 Å². The highest BCUT2D eigenvalue weighted by Gasteiger charge is 2.15. The van der Waals surface area contributed by atoms with Gasteiger partial charge in [0.05, 0.1) is 12.9 Å². The SMILES string of the molecule is CCc1ccc(C(=O)CSc2nnnn2-c2ccccc2OC)cc1. The Morgan fingerprint density at radius 2 is 1.92 bits per heavy atom. The Balaban J connectivity index is 1.74. The fourth-order valence-corrected chi connectivity index (χ4v) is 3.14. The Labute approximate surface area is 150 Å². The van der Waals surface area contributed by atoms with Crippen molar-refractivity contribution in [2.75, 3.05) is 12.9 Å². The largest absolute Gasteiger partial charge is 0.494 e. The first-order chi connectivity index (χ1) is 12.2. The van der Waals surface area contributed by atoms with Crippen molar-refractivity contribution in [3.63, 3.8) is 0 Å². The number of hydrogen-bond acceptors (Lipinski definition) is 6. The van der Waals surface area contributed by atoms with Crippen LogP contribution in [0.5, 0.6) is 5.75 Å². The Morgan fingerprint density at radius 1 is 1.16 bits per heavy atom. The van der Waals surface area contributed by atoms with Gasteiger partial charge in [-0.05, 0) is 34.5 Å². The Morgan fingerprint density at radius 3 is 2.64 bits per heavy atom. The summed E-state index contributed by atoms with van der Waals surface area (Å²) in [5.74, 6) is 0.974. The monoisotopic (exact) mass is 354 g/mol. The van der Waals surface area contributed by atoms with Gasteiger partial charge >= 0.3 is 0 Å². The summed E-state index contributed by atoms with van der Waals surface area (Å²) in [5, 5.41) is 12.3. The number of benzene rings is 2. The molecule has 0 radical (unpaired) electrons. The zero-order chi connectivity index (χ0) is 17.6. The number of aromatic nitrogens is 4. The summed E-state index contributed by atoms with van der Waals surface area (Å²) in [7, 11) is 1.60. The number of Topliss-reactive ketones (excluding diaryl/α,β-unsaturated/α-hetero) is 1. The molecule has 0 aliphatic heterocycles. The maximum atomic E-state index is 12.4. The van der Waals surface area contributed by atoms with Gasteiger partial charge in [0.1, 0.15) is 11.4 Å². The lowest BCUT2D eigenvalue weighted by Crippen LogP contribution is -2.06. The number of ketones is 1. The van der Waals surface area contributed by atoms with E-state index in [1.165, 1.54) is 17.3 Å². The van der Waals surface area contributed by atoms with E-state index in [-0.39, 0.29) is 11.5 Å². The molecule has 128 valence electrons. The number of tetrazole rings is 1. The average Bonchev–Trinajstić information content (AvgIpc) is 3.14. The predicted molar refractivity (Wildman–Crippen MR) is 96.6 cm³/mol. The molecule has 7 heteroatoms. The number of rotatable bonds is 7. The van der Waals surface area contributed by atoms with Gasteiger partial charge in [-0.15, -0.1) is 5.10 Å². The molecule has 0 fully saturated rings. The smallest absolute Gasteiger partial charge is 0.214 e. The van der Waals surface area contributed by atoms with E-state index in [0.29, 0.717) is 16.5 Å². The van der Waals surface area contributed by atoms with Gasteiger partial charge in [-0.2, -0.15) is 4.68 Å². The highest BCUT2D eigenvalue weighted by atomic mass is 32.2. The third kappa shape index (κ3) is 3.88. The molecule has 0 bridgehead atoms. The highest BCUT2D eigenvalue weighted by molar-refractivity contribution is 7.99. The van der Waals surface area contributed by atoms with Gasteiger partial charge in [0.25, 0.3) is 0 Å². The van der Waals surface area contributed by atoms with Gasteiger partial charge in [-0.1, -0.05) is 55.1 Å². The summed E-state index contributed by atoms with van der Waals surface area (Å²) in [6.07, 6.45) is 0.955. The minimum Gasteiger partial charge on any atom is -0.494 e. The summed E-state index contributed by atoms with van der Waals surface area (Å²) in [6.45, 7) is 2.09. The molecule has 0 amide bonds. The second-order valence-corrected chi connectivity index (χ2v) is 6.25. The Bertz CT molecular complexity index is 862. The molecule has 3 rings (SSSR count). The van der Waals surface area contributed by atoms with E-state index in [4.69, 9.17) is 4.74 Å². The van der Waals surface area contributed by atoms with E-state index in [1.54, 1.807) is 11.8 Å². The van der Waals surface area contributed by atoms with Crippen LogP contribution in [0.1, 0.15) is 22.8 Å². The molecule has 1 aromatic heterocycles. The zero-order valence-corrected chi connectivity index (χ0v) is 14.9. The maximum absolute atomic E-state index is 12.4. The minimum atomic E-state index is 0.0437. The van der Waals surface area contributed by atoms with Crippen LogP contribution in [0.4, 0.5) is 0 Å². The summed E-state index contributed by atoms with van der Waals surface area (Å²) in [5.41, 5.74) is 2.64. The number of ether oxygens (including phenoxy) is 1. The van der Waals surface area contributed by atoms with Gasteiger partial charge in [0.2, 0.25) is 5.16 Å².